The smallest absolute Gasteiger partial charge is 0.266 e. The minimum absolute atomic E-state index is 0.136. The van der Waals surface area contributed by atoms with Crippen molar-refractivity contribution in [3.63, 3.8) is 0 Å². The molecule has 0 N–H and O–H groups in total. The summed E-state index contributed by atoms with van der Waals surface area (Å²) in [6.45, 7) is 0.602. The molecule has 1 amide bonds. The predicted octanol–water partition coefficient (Wildman–Crippen LogP) is 5.40. The lowest BCUT2D eigenvalue weighted by Crippen LogP contribution is -2.27. The number of carbonyl (C=O) groups excluding carboxylic acids is 1. The van der Waals surface area contributed by atoms with Crippen molar-refractivity contribution in [1.82, 2.24) is 4.90 Å². The number of benzene rings is 2. The minimum atomic E-state index is -0.286. The lowest BCUT2D eigenvalue weighted by molar-refractivity contribution is -0.122. The van der Waals surface area contributed by atoms with E-state index in [1.807, 2.05) is 36.4 Å². The summed E-state index contributed by atoms with van der Waals surface area (Å²) in [7, 11) is 0. The molecule has 29 heavy (non-hydrogen) atoms. The summed E-state index contributed by atoms with van der Waals surface area (Å²) in [5.41, 5.74) is 1.62. The maximum atomic E-state index is 13.2. The number of amides is 1. The van der Waals surface area contributed by atoms with E-state index in [2.05, 4.69) is 0 Å². The first-order chi connectivity index (χ1) is 14.1. The number of carbonyl (C=O) groups is 1. The molecule has 7 heteroatoms. The molecule has 3 aromatic rings. The van der Waals surface area contributed by atoms with E-state index < -0.39 is 0 Å². The molecule has 1 aromatic heterocycles. The van der Waals surface area contributed by atoms with Crippen molar-refractivity contribution in [1.29, 1.82) is 0 Å². The highest BCUT2D eigenvalue weighted by Gasteiger charge is 2.32. The first kappa shape index (κ1) is 19.4. The first-order valence-electron chi connectivity index (χ1n) is 8.83. The predicted molar refractivity (Wildman–Crippen MR) is 115 cm³/mol. The highest BCUT2D eigenvalue weighted by atomic mass is 32.2. The van der Waals surface area contributed by atoms with Gasteiger partial charge in [0.2, 0.25) is 0 Å². The molecule has 0 radical (unpaired) electrons. The van der Waals surface area contributed by atoms with Gasteiger partial charge in [-0.3, -0.25) is 9.69 Å². The fourth-order valence-electron chi connectivity index (χ4n) is 2.80. The zero-order valence-electron chi connectivity index (χ0n) is 15.2. The molecule has 4 nitrogen and oxygen atoms in total. The average Bonchev–Trinajstić information content (AvgIpc) is 3.32. The van der Waals surface area contributed by atoms with Gasteiger partial charge in [-0.2, -0.15) is 0 Å². The molecule has 0 saturated carbocycles. The summed E-state index contributed by atoms with van der Waals surface area (Å²) in [4.78, 5) is 14.7. The molecule has 2 aromatic carbocycles. The third-order valence-corrected chi connectivity index (χ3v) is 5.62. The van der Waals surface area contributed by atoms with Gasteiger partial charge in [-0.05, 0) is 53.6 Å². The third-order valence-electron chi connectivity index (χ3n) is 4.24. The largest absolute Gasteiger partial charge is 0.489 e. The third kappa shape index (κ3) is 4.75. The Bertz CT molecular complexity index is 1060. The van der Waals surface area contributed by atoms with Gasteiger partial charge < -0.3 is 9.15 Å². The number of thiocarbonyl (C=S) groups is 1. The molecule has 1 fully saturated rings. The van der Waals surface area contributed by atoms with Crippen molar-refractivity contribution in [2.75, 3.05) is 0 Å². The van der Waals surface area contributed by atoms with Crippen LogP contribution in [0.4, 0.5) is 4.39 Å². The maximum absolute atomic E-state index is 13.2. The van der Waals surface area contributed by atoms with E-state index in [0.29, 0.717) is 27.3 Å². The van der Waals surface area contributed by atoms with Gasteiger partial charge in [-0.1, -0.05) is 48.2 Å². The second-order valence-electron chi connectivity index (χ2n) is 6.33. The van der Waals surface area contributed by atoms with E-state index in [9.17, 15) is 9.18 Å². The zero-order chi connectivity index (χ0) is 20.2. The SMILES string of the molecule is O=C1/C(=C/c2ccc(OCc3cccc(F)c3)cc2)SC(=S)N1Cc1ccco1. The molecule has 0 spiro atoms. The number of thioether (sulfide) groups is 1. The zero-order valence-corrected chi connectivity index (χ0v) is 16.8. The number of hydrogen-bond donors (Lipinski definition) is 0. The normalized spacial score (nSPS) is 15.3. The first-order valence-corrected chi connectivity index (χ1v) is 10.1. The van der Waals surface area contributed by atoms with E-state index in [0.717, 1.165) is 11.1 Å². The maximum Gasteiger partial charge on any atom is 0.266 e. The van der Waals surface area contributed by atoms with E-state index in [-0.39, 0.29) is 18.3 Å². The molecule has 4 rings (SSSR count). The number of furan rings is 1. The monoisotopic (exact) mass is 425 g/mol. The summed E-state index contributed by atoms with van der Waals surface area (Å²) < 4.78 is 24.7. The Morgan fingerprint density at radius 3 is 2.69 bits per heavy atom. The Morgan fingerprint density at radius 2 is 1.97 bits per heavy atom. The van der Waals surface area contributed by atoms with Gasteiger partial charge >= 0.3 is 0 Å². The quantitative estimate of drug-likeness (QED) is 0.391. The van der Waals surface area contributed by atoms with Gasteiger partial charge in [0, 0.05) is 0 Å². The standard InChI is InChI=1S/C22H16FNO3S2/c23-17-4-1-3-16(11-17)14-27-18-8-6-15(7-9-18)12-20-21(25)24(22(28)29-20)13-19-5-2-10-26-19/h1-12H,13-14H2/b20-12-. The fourth-order valence-corrected chi connectivity index (χ4v) is 4.05. The molecule has 146 valence electrons. The van der Waals surface area contributed by atoms with Crippen molar-refractivity contribution in [2.24, 2.45) is 0 Å². The number of nitrogens with zero attached hydrogens (tertiary/aromatic N) is 1. The van der Waals surface area contributed by atoms with Crippen LogP contribution >= 0.6 is 24.0 Å². The second-order valence-corrected chi connectivity index (χ2v) is 8.01. The highest BCUT2D eigenvalue weighted by molar-refractivity contribution is 8.26. The van der Waals surface area contributed by atoms with Crippen LogP contribution in [0.3, 0.4) is 0 Å². The topological polar surface area (TPSA) is 42.7 Å². The Labute approximate surface area is 177 Å². The van der Waals surface area contributed by atoms with Gasteiger partial charge in [0.1, 0.15) is 28.3 Å². The van der Waals surface area contributed by atoms with Gasteiger partial charge in [0.25, 0.3) is 5.91 Å². The van der Waals surface area contributed by atoms with E-state index in [1.54, 1.807) is 24.5 Å². The van der Waals surface area contributed by atoms with Crippen molar-refractivity contribution in [3.05, 3.63) is 94.5 Å². The minimum Gasteiger partial charge on any atom is -0.489 e. The van der Waals surface area contributed by atoms with E-state index >= 15 is 0 Å². The molecular formula is C22H16FNO3S2. The van der Waals surface area contributed by atoms with Gasteiger partial charge in [-0.15, -0.1) is 0 Å². The highest BCUT2D eigenvalue weighted by Crippen LogP contribution is 2.33. The van der Waals surface area contributed by atoms with Crippen LogP contribution in [0, 0.1) is 5.82 Å². The van der Waals surface area contributed by atoms with Crippen LogP contribution < -0.4 is 4.74 Å². The molecule has 1 aliphatic heterocycles. The van der Waals surface area contributed by atoms with Crippen molar-refractivity contribution in [3.8, 4) is 5.75 Å². The summed E-state index contributed by atoms with van der Waals surface area (Å²) in [6.07, 6.45) is 3.37. The van der Waals surface area contributed by atoms with Crippen LogP contribution in [0.15, 0.2) is 76.2 Å². The van der Waals surface area contributed by atoms with Gasteiger partial charge in [0.05, 0.1) is 17.7 Å². The molecule has 0 atom stereocenters. The lowest BCUT2D eigenvalue weighted by Gasteiger charge is -2.12. The van der Waals surface area contributed by atoms with Crippen LogP contribution in [0.1, 0.15) is 16.9 Å². The van der Waals surface area contributed by atoms with E-state index in [4.69, 9.17) is 21.4 Å². The molecule has 0 aliphatic carbocycles. The van der Waals surface area contributed by atoms with Crippen LogP contribution in [0.2, 0.25) is 0 Å². The van der Waals surface area contributed by atoms with Gasteiger partial charge in [0.15, 0.2) is 0 Å². The molecular weight excluding hydrogens is 409 g/mol. The van der Waals surface area contributed by atoms with E-state index in [1.165, 1.54) is 28.8 Å². The molecule has 1 saturated heterocycles. The van der Waals surface area contributed by atoms with Gasteiger partial charge in [-0.25, -0.2) is 4.39 Å². The van der Waals surface area contributed by atoms with Crippen LogP contribution in [0.5, 0.6) is 5.75 Å². The Balaban J connectivity index is 1.40. The van der Waals surface area contributed by atoms with Crippen LogP contribution in [-0.4, -0.2) is 15.1 Å². The summed E-state index contributed by atoms with van der Waals surface area (Å²) in [5, 5.41) is 0. The number of ether oxygens (including phenoxy) is 1. The second kappa shape index (κ2) is 8.63. The Kier molecular flexibility index (Phi) is 5.78. The Hall–Kier alpha value is -2.90. The lowest BCUT2D eigenvalue weighted by atomic mass is 10.2. The summed E-state index contributed by atoms with van der Waals surface area (Å²) in [6, 6.07) is 17.2. The fraction of sp³-hybridized carbons (Fsp3) is 0.0909. The molecule has 1 aliphatic rings. The number of rotatable bonds is 6. The number of halogens is 1. The summed E-state index contributed by atoms with van der Waals surface area (Å²) in [5.74, 6) is 0.924. The summed E-state index contributed by atoms with van der Waals surface area (Å²) >= 11 is 6.61. The van der Waals surface area contributed by atoms with Crippen LogP contribution in [-0.2, 0) is 17.9 Å². The van der Waals surface area contributed by atoms with Crippen molar-refractivity contribution >= 4 is 40.3 Å². The molecule has 0 unspecified atom stereocenters. The van der Waals surface area contributed by atoms with Crippen molar-refractivity contribution < 1.29 is 18.3 Å². The van der Waals surface area contributed by atoms with Crippen molar-refractivity contribution in [2.45, 2.75) is 13.2 Å². The van der Waals surface area contributed by atoms with Crippen LogP contribution in [0.25, 0.3) is 6.08 Å². The Morgan fingerprint density at radius 1 is 1.14 bits per heavy atom. The average molecular weight is 426 g/mol. The molecule has 2 heterocycles. The number of hydrogen-bond acceptors (Lipinski definition) is 5. The molecule has 0 bridgehead atoms.